The molecule has 5 heteroatoms. The van der Waals surface area contributed by atoms with Gasteiger partial charge in [-0.2, -0.15) is 0 Å². The molecule has 0 saturated heterocycles. The number of aliphatic hydroxyl groups excluding tert-OH is 1. The van der Waals surface area contributed by atoms with Crippen molar-refractivity contribution in [1.82, 2.24) is 0 Å². The van der Waals surface area contributed by atoms with Crippen molar-refractivity contribution in [3.63, 3.8) is 0 Å². The van der Waals surface area contributed by atoms with Gasteiger partial charge in [0.15, 0.2) is 0 Å². The summed E-state index contributed by atoms with van der Waals surface area (Å²) in [4.78, 5) is 0. The maximum Gasteiger partial charge on any atom is 0.245 e. The Balaban J connectivity index is 2.87. The van der Waals surface area contributed by atoms with Crippen LogP contribution in [0.5, 0.6) is 0 Å². The van der Waals surface area contributed by atoms with Crippen molar-refractivity contribution < 1.29 is 18.3 Å². The van der Waals surface area contributed by atoms with E-state index in [4.69, 9.17) is 10.8 Å². The maximum atomic E-state index is 13.4. The molecule has 1 aromatic carbocycles. The van der Waals surface area contributed by atoms with Crippen LogP contribution < -0.4 is 5.73 Å². The molecule has 0 spiro atoms. The first kappa shape index (κ1) is 14.0. The van der Waals surface area contributed by atoms with E-state index in [-0.39, 0.29) is 5.56 Å². The average Bonchev–Trinajstić information content (AvgIpc) is 2.24. The quantitative estimate of drug-likeness (QED) is 0.839. The lowest BCUT2D eigenvalue weighted by atomic mass is 9.89. The van der Waals surface area contributed by atoms with E-state index in [0.29, 0.717) is 0 Å². The van der Waals surface area contributed by atoms with E-state index in [0.717, 1.165) is 6.92 Å². The van der Waals surface area contributed by atoms with Crippen LogP contribution in [0.2, 0.25) is 0 Å². The second-order valence-corrected chi connectivity index (χ2v) is 4.26. The average molecular weight is 247 g/mol. The van der Waals surface area contributed by atoms with Crippen molar-refractivity contribution in [1.29, 1.82) is 0 Å². The molecular weight excluding hydrogens is 231 g/mol. The van der Waals surface area contributed by atoms with Crippen LogP contribution in [0.4, 0.5) is 13.2 Å². The van der Waals surface area contributed by atoms with E-state index in [1.165, 1.54) is 18.2 Å². The van der Waals surface area contributed by atoms with Crippen molar-refractivity contribution in [2.45, 2.75) is 25.3 Å². The zero-order valence-corrected chi connectivity index (χ0v) is 9.54. The number of aliphatic hydroxyl groups is 1. The summed E-state index contributed by atoms with van der Waals surface area (Å²) in [6, 6.07) is 4.79. The first-order valence-corrected chi connectivity index (χ1v) is 5.34. The van der Waals surface area contributed by atoms with Gasteiger partial charge in [-0.1, -0.05) is 18.2 Å². The molecule has 0 fully saturated rings. The van der Waals surface area contributed by atoms with Crippen LogP contribution in [0.3, 0.4) is 0 Å². The number of benzene rings is 1. The normalized spacial score (nSPS) is 15.6. The van der Waals surface area contributed by atoms with Gasteiger partial charge < -0.3 is 10.8 Å². The molecule has 0 bridgehead atoms. The van der Waals surface area contributed by atoms with Crippen LogP contribution in [0.15, 0.2) is 24.3 Å². The molecule has 0 aliphatic heterocycles. The first-order chi connectivity index (χ1) is 7.85. The molecule has 2 unspecified atom stereocenters. The highest BCUT2D eigenvalue weighted by Gasteiger charge is 2.31. The predicted octanol–water partition coefficient (Wildman–Crippen LogP) is 2.48. The lowest BCUT2D eigenvalue weighted by Gasteiger charge is -2.25. The summed E-state index contributed by atoms with van der Waals surface area (Å²) in [5.41, 5.74) is 5.87. The van der Waals surface area contributed by atoms with E-state index in [1.54, 1.807) is 6.07 Å². The van der Waals surface area contributed by atoms with Crippen LogP contribution in [0.25, 0.3) is 0 Å². The van der Waals surface area contributed by atoms with Gasteiger partial charge >= 0.3 is 0 Å². The van der Waals surface area contributed by atoms with Gasteiger partial charge in [-0.3, -0.25) is 0 Å². The standard InChI is InChI=1S/C12H16F3NO/c1-12(14,15)6-8(7-17)11(16)9-4-2-3-5-10(9)13/h2-5,8,11,17H,6-7,16H2,1H3. The molecule has 1 aromatic rings. The summed E-state index contributed by atoms with van der Waals surface area (Å²) in [6.45, 7) is 0.253. The minimum atomic E-state index is -2.93. The number of hydrogen-bond donors (Lipinski definition) is 2. The third-order valence-corrected chi connectivity index (χ3v) is 2.63. The molecule has 1 rings (SSSR count). The van der Waals surface area contributed by atoms with E-state index >= 15 is 0 Å². The van der Waals surface area contributed by atoms with Crippen LogP contribution >= 0.6 is 0 Å². The largest absolute Gasteiger partial charge is 0.396 e. The Hall–Kier alpha value is -1.07. The lowest BCUT2D eigenvalue weighted by molar-refractivity contribution is -0.0167. The minimum Gasteiger partial charge on any atom is -0.396 e. The summed E-state index contributed by atoms with van der Waals surface area (Å²) in [7, 11) is 0. The molecule has 0 saturated carbocycles. The summed E-state index contributed by atoms with van der Waals surface area (Å²) in [5, 5.41) is 9.08. The van der Waals surface area contributed by atoms with E-state index in [9.17, 15) is 13.2 Å². The topological polar surface area (TPSA) is 46.2 Å². The first-order valence-electron chi connectivity index (χ1n) is 5.34. The molecule has 0 heterocycles. The summed E-state index contributed by atoms with van der Waals surface area (Å²) >= 11 is 0. The fourth-order valence-electron chi connectivity index (χ4n) is 1.76. The van der Waals surface area contributed by atoms with Crippen molar-refractivity contribution in [3.8, 4) is 0 Å². The second kappa shape index (κ2) is 5.51. The molecule has 3 N–H and O–H groups in total. The Morgan fingerprint density at radius 3 is 2.41 bits per heavy atom. The van der Waals surface area contributed by atoms with Gasteiger partial charge in [0.1, 0.15) is 5.82 Å². The molecule has 2 nitrogen and oxygen atoms in total. The third-order valence-electron chi connectivity index (χ3n) is 2.63. The molecule has 0 amide bonds. The number of rotatable bonds is 5. The van der Waals surface area contributed by atoms with Crippen LogP contribution in [-0.4, -0.2) is 17.6 Å². The number of halogens is 3. The zero-order chi connectivity index (χ0) is 13.1. The Morgan fingerprint density at radius 2 is 1.94 bits per heavy atom. The van der Waals surface area contributed by atoms with Crippen LogP contribution in [0.1, 0.15) is 24.9 Å². The highest BCUT2D eigenvalue weighted by Crippen LogP contribution is 2.30. The zero-order valence-electron chi connectivity index (χ0n) is 9.54. The highest BCUT2D eigenvalue weighted by molar-refractivity contribution is 5.21. The summed E-state index contributed by atoms with van der Waals surface area (Å²) in [5.74, 6) is -4.35. The van der Waals surface area contributed by atoms with Crippen molar-refractivity contribution >= 4 is 0 Å². The highest BCUT2D eigenvalue weighted by atomic mass is 19.3. The SMILES string of the molecule is CC(F)(F)CC(CO)C(N)c1ccccc1F. The third kappa shape index (κ3) is 4.02. The van der Waals surface area contributed by atoms with Gasteiger partial charge in [-0.15, -0.1) is 0 Å². The lowest BCUT2D eigenvalue weighted by Crippen LogP contribution is -2.30. The van der Waals surface area contributed by atoms with E-state index < -0.39 is 36.7 Å². The smallest absolute Gasteiger partial charge is 0.245 e. The molecule has 2 atom stereocenters. The van der Waals surface area contributed by atoms with Crippen molar-refractivity contribution in [2.24, 2.45) is 11.7 Å². The van der Waals surface area contributed by atoms with Gasteiger partial charge in [-0.25, -0.2) is 13.2 Å². The molecule has 0 aromatic heterocycles. The molecule has 0 radical (unpaired) electrons. The molecule has 17 heavy (non-hydrogen) atoms. The second-order valence-electron chi connectivity index (χ2n) is 4.26. The fourth-order valence-corrected chi connectivity index (χ4v) is 1.76. The molecular formula is C12H16F3NO. The summed E-state index contributed by atoms with van der Waals surface area (Å²) < 4.78 is 39.2. The van der Waals surface area contributed by atoms with Gasteiger partial charge in [0.2, 0.25) is 5.92 Å². The Bertz CT molecular complexity index is 365. The molecule has 0 aliphatic rings. The van der Waals surface area contributed by atoms with E-state index in [2.05, 4.69) is 0 Å². The monoisotopic (exact) mass is 247 g/mol. The number of hydrogen-bond acceptors (Lipinski definition) is 2. The van der Waals surface area contributed by atoms with Gasteiger partial charge in [-0.05, 0) is 13.0 Å². The number of alkyl halides is 2. The Morgan fingerprint density at radius 1 is 1.35 bits per heavy atom. The molecule has 0 aliphatic carbocycles. The van der Waals surface area contributed by atoms with Crippen LogP contribution in [0, 0.1) is 11.7 Å². The molecule has 96 valence electrons. The maximum absolute atomic E-state index is 13.4. The summed E-state index contributed by atoms with van der Waals surface area (Å²) in [6.07, 6.45) is -0.570. The fraction of sp³-hybridized carbons (Fsp3) is 0.500. The van der Waals surface area contributed by atoms with Gasteiger partial charge in [0.25, 0.3) is 0 Å². The van der Waals surface area contributed by atoms with Gasteiger partial charge in [0.05, 0.1) is 0 Å². The minimum absolute atomic E-state index is 0.149. The van der Waals surface area contributed by atoms with Gasteiger partial charge in [0, 0.05) is 30.6 Å². The van der Waals surface area contributed by atoms with Crippen LogP contribution in [-0.2, 0) is 0 Å². The Kier molecular flexibility index (Phi) is 4.54. The Labute approximate surface area is 98.3 Å². The van der Waals surface area contributed by atoms with Crippen molar-refractivity contribution in [2.75, 3.05) is 6.61 Å². The number of nitrogens with two attached hydrogens (primary N) is 1. The van der Waals surface area contributed by atoms with E-state index in [1.807, 2.05) is 0 Å². The van der Waals surface area contributed by atoms with Crippen molar-refractivity contribution in [3.05, 3.63) is 35.6 Å². The predicted molar refractivity (Wildman–Crippen MR) is 59.1 cm³/mol.